The molecule has 2 aromatic heterocycles. The first kappa shape index (κ1) is 22.8. The van der Waals surface area contributed by atoms with E-state index in [1.54, 1.807) is 19.4 Å². The van der Waals surface area contributed by atoms with E-state index in [1.807, 2.05) is 53.6 Å². The number of rotatable bonds is 6. The molecule has 2 N–H and O–H groups in total. The van der Waals surface area contributed by atoms with Crippen LogP contribution in [0.1, 0.15) is 33.9 Å². The molecule has 0 bridgehead atoms. The fraction of sp³-hybridized carbons (Fsp3) is 0.250. The summed E-state index contributed by atoms with van der Waals surface area (Å²) in [6.45, 7) is 1.67. The molecule has 1 saturated heterocycles. The highest BCUT2D eigenvalue weighted by atomic mass is 16.2. The lowest BCUT2D eigenvalue weighted by Crippen LogP contribution is -2.56. The van der Waals surface area contributed by atoms with Gasteiger partial charge in [0.2, 0.25) is 5.91 Å². The van der Waals surface area contributed by atoms with Crippen LogP contribution >= 0.6 is 0 Å². The molecule has 3 heterocycles. The number of fused-ring (bicyclic) bond motifs is 1. The third kappa shape index (κ3) is 4.68. The third-order valence-corrected chi connectivity index (χ3v) is 6.77. The Morgan fingerprint density at radius 1 is 1.00 bits per heavy atom. The van der Waals surface area contributed by atoms with E-state index < -0.39 is 0 Å². The fourth-order valence-electron chi connectivity index (χ4n) is 5.05. The normalized spacial score (nSPS) is 16.5. The van der Waals surface area contributed by atoms with E-state index in [9.17, 15) is 9.59 Å². The second kappa shape index (κ2) is 10.1. The van der Waals surface area contributed by atoms with E-state index in [-0.39, 0.29) is 23.9 Å². The Morgan fingerprint density at radius 2 is 1.69 bits per heavy atom. The predicted octanol–water partition coefficient (Wildman–Crippen LogP) is 3.62. The second-order valence-corrected chi connectivity index (χ2v) is 8.87. The minimum absolute atomic E-state index is 0.0159. The van der Waals surface area contributed by atoms with Gasteiger partial charge in [0, 0.05) is 63.1 Å². The van der Waals surface area contributed by atoms with Gasteiger partial charge in [-0.2, -0.15) is 0 Å². The van der Waals surface area contributed by atoms with Crippen molar-refractivity contribution in [3.8, 4) is 0 Å². The molecule has 1 fully saturated rings. The summed E-state index contributed by atoms with van der Waals surface area (Å²) in [7, 11) is 1.65. The highest BCUT2D eigenvalue weighted by Crippen LogP contribution is 2.33. The van der Waals surface area contributed by atoms with Crippen molar-refractivity contribution in [2.24, 2.45) is 0 Å². The van der Waals surface area contributed by atoms with E-state index in [0.29, 0.717) is 31.6 Å². The van der Waals surface area contributed by atoms with Gasteiger partial charge < -0.3 is 15.2 Å². The van der Waals surface area contributed by atoms with Crippen LogP contribution in [-0.2, 0) is 4.79 Å². The average molecular weight is 468 g/mol. The van der Waals surface area contributed by atoms with Gasteiger partial charge in [-0.1, -0.05) is 60.7 Å². The molecule has 0 aliphatic carbocycles. The summed E-state index contributed by atoms with van der Waals surface area (Å²) < 4.78 is 0. The summed E-state index contributed by atoms with van der Waals surface area (Å²) in [6, 6.07) is 22.5. The first-order valence-electron chi connectivity index (χ1n) is 11.9. The van der Waals surface area contributed by atoms with Crippen LogP contribution in [0.4, 0.5) is 0 Å². The lowest BCUT2D eigenvalue weighted by atomic mass is 9.93. The van der Waals surface area contributed by atoms with Crippen LogP contribution in [0, 0.1) is 0 Å². The fourth-order valence-corrected chi connectivity index (χ4v) is 5.05. The Kier molecular flexibility index (Phi) is 6.59. The highest BCUT2D eigenvalue weighted by Gasteiger charge is 2.36. The monoisotopic (exact) mass is 467 g/mol. The minimum Gasteiger partial charge on any atom is -0.360 e. The van der Waals surface area contributed by atoms with Crippen LogP contribution in [0.5, 0.6) is 0 Å². The maximum atomic E-state index is 13.6. The number of hydrogen-bond acceptors (Lipinski definition) is 4. The highest BCUT2D eigenvalue weighted by molar-refractivity contribution is 6.05. The molecule has 1 aliphatic heterocycles. The summed E-state index contributed by atoms with van der Waals surface area (Å²) in [5.74, 6) is -0.106. The number of H-pyrrole nitrogens is 1. The van der Waals surface area contributed by atoms with Gasteiger partial charge in [-0.05, 0) is 17.2 Å². The number of carbonyl (C=O) groups is 2. The van der Waals surface area contributed by atoms with Crippen molar-refractivity contribution in [3.05, 3.63) is 102 Å². The molecular formula is C28H29N5O2. The SMILES string of the molecule is CNC(=O)C[C@@H]1CN(C(=O)c2cncc3cc[nH]c23)CCN1C(c1ccccc1)c1ccccc1. The van der Waals surface area contributed by atoms with Crippen molar-refractivity contribution in [1.29, 1.82) is 0 Å². The predicted molar refractivity (Wildman–Crippen MR) is 136 cm³/mol. The molecule has 1 aliphatic rings. The first-order chi connectivity index (χ1) is 17.2. The van der Waals surface area contributed by atoms with Crippen LogP contribution in [0.2, 0.25) is 0 Å². The lowest BCUT2D eigenvalue weighted by molar-refractivity contribution is -0.122. The number of carbonyl (C=O) groups excluding carboxylic acids is 2. The Labute approximate surface area is 204 Å². The number of pyridine rings is 1. The van der Waals surface area contributed by atoms with Gasteiger partial charge in [0.1, 0.15) is 0 Å². The van der Waals surface area contributed by atoms with E-state index in [1.165, 1.54) is 11.1 Å². The standard InChI is InChI=1S/C28H29N5O2/c1-29-25(34)16-23-19-32(28(35)24-18-30-17-22-12-13-31-26(22)24)14-15-33(23)27(20-8-4-2-5-9-20)21-10-6-3-7-11-21/h2-13,17-18,23,27,31H,14-16,19H2,1H3,(H,29,34)/t23-/m1/s1. The summed E-state index contributed by atoms with van der Waals surface area (Å²) in [5, 5.41) is 3.67. The zero-order valence-electron chi connectivity index (χ0n) is 19.7. The van der Waals surface area contributed by atoms with Crippen molar-refractivity contribution in [2.75, 3.05) is 26.7 Å². The average Bonchev–Trinajstić information content (AvgIpc) is 3.40. The molecule has 178 valence electrons. The molecule has 0 radical (unpaired) electrons. The lowest BCUT2D eigenvalue weighted by Gasteiger charge is -2.45. The third-order valence-electron chi connectivity index (χ3n) is 6.77. The van der Waals surface area contributed by atoms with Crippen molar-refractivity contribution in [2.45, 2.75) is 18.5 Å². The molecule has 7 nitrogen and oxygen atoms in total. The molecule has 0 unspecified atom stereocenters. The van der Waals surface area contributed by atoms with E-state index in [4.69, 9.17) is 0 Å². The zero-order valence-corrected chi connectivity index (χ0v) is 19.7. The molecule has 2 aromatic carbocycles. The molecule has 35 heavy (non-hydrogen) atoms. The summed E-state index contributed by atoms with van der Waals surface area (Å²) in [4.78, 5) is 37.8. The van der Waals surface area contributed by atoms with Crippen molar-refractivity contribution >= 4 is 22.7 Å². The summed E-state index contributed by atoms with van der Waals surface area (Å²) >= 11 is 0. The quantitative estimate of drug-likeness (QED) is 0.454. The maximum absolute atomic E-state index is 13.6. The van der Waals surface area contributed by atoms with E-state index in [0.717, 1.165) is 10.9 Å². The van der Waals surface area contributed by atoms with Crippen LogP contribution in [-0.4, -0.2) is 64.3 Å². The minimum atomic E-state index is -0.145. The Balaban J connectivity index is 1.48. The molecular weight excluding hydrogens is 438 g/mol. The Hall–Kier alpha value is -3.97. The topological polar surface area (TPSA) is 81.3 Å². The van der Waals surface area contributed by atoms with Crippen molar-refractivity contribution in [1.82, 2.24) is 25.1 Å². The largest absolute Gasteiger partial charge is 0.360 e. The molecule has 5 rings (SSSR count). The van der Waals surface area contributed by atoms with Crippen LogP contribution in [0.3, 0.4) is 0 Å². The van der Waals surface area contributed by atoms with Gasteiger partial charge in [-0.15, -0.1) is 0 Å². The molecule has 7 heteroatoms. The zero-order chi connectivity index (χ0) is 24.2. The van der Waals surface area contributed by atoms with Gasteiger partial charge in [-0.3, -0.25) is 19.5 Å². The van der Waals surface area contributed by atoms with Gasteiger partial charge in [0.05, 0.1) is 17.1 Å². The van der Waals surface area contributed by atoms with Crippen LogP contribution in [0.15, 0.2) is 85.3 Å². The number of piperazine rings is 1. The van der Waals surface area contributed by atoms with Gasteiger partial charge >= 0.3 is 0 Å². The molecule has 0 spiro atoms. The smallest absolute Gasteiger partial charge is 0.257 e. The van der Waals surface area contributed by atoms with Crippen molar-refractivity contribution < 1.29 is 9.59 Å². The number of aromatic nitrogens is 2. The Bertz CT molecular complexity index is 1270. The van der Waals surface area contributed by atoms with Crippen molar-refractivity contribution in [3.63, 3.8) is 0 Å². The summed E-state index contributed by atoms with van der Waals surface area (Å²) in [5.41, 5.74) is 3.69. The number of benzene rings is 2. The molecule has 4 aromatic rings. The maximum Gasteiger partial charge on any atom is 0.257 e. The molecule has 2 amide bonds. The second-order valence-electron chi connectivity index (χ2n) is 8.87. The number of nitrogens with zero attached hydrogens (tertiary/aromatic N) is 3. The molecule has 1 atom stereocenters. The van der Waals surface area contributed by atoms with E-state index >= 15 is 0 Å². The van der Waals surface area contributed by atoms with Gasteiger partial charge in [-0.25, -0.2) is 0 Å². The van der Waals surface area contributed by atoms with E-state index in [2.05, 4.69) is 44.5 Å². The summed E-state index contributed by atoms with van der Waals surface area (Å²) in [6.07, 6.45) is 5.50. The molecule has 0 saturated carbocycles. The van der Waals surface area contributed by atoms with Crippen LogP contribution in [0.25, 0.3) is 10.9 Å². The number of nitrogens with one attached hydrogen (secondary N) is 2. The number of hydrogen-bond donors (Lipinski definition) is 2. The first-order valence-corrected chi connectivity index (χ1v) is 11.9. The van der Waals surface area contributed by atoms with Crippen LogP contribution < -0.4 is 5.32 Å². The van der Waals surface area contributed by atoms with Gasteiger partial charge in [0.25, 0.3) is 5.91 Å². The number of aromatic amines is 1. The van der Waals surface area contributed by atoms with Gasteiger partial charge in [0.15, 0.2) is 0 Å². The number of amides is 2. The Morgan fingerprint density at radius 3 is 2.34 bits per heavy atom.